The van der Waals surface area contributed by atoms with E-state index in [2.05, 4.69) is 0 Å². The van der Waals surface area contributed by atoms with Gasteiger partial charge in [0.2, 0.25) is 0 Å². The number of hydrogen-bond acceptors (Lipinski definition) is 4. The number of hydrogen-bond donors (Lipinski definition) is 1. The van der Waals surface area contributed by atoms with Crippen LogP contribution in [0.3, 0.4) is 0 Å². The summed E-state index contributed by atoms with van der Waals surface area (Å²) in [6, 6.07) is 22.3. The van der Waals surface area contributed by atoms with Gasteiger partial charge in [-0.2, -0.15) is 0 Å². The van der Waals surface area contributed by atoms with Crippen LogP contribution in [0, 0.1) is 0 Å². The molecule has 130 valence electrons. The Morgan fingerprint density at radius 2 is 1.42 bits per heavy atom. The summed E-state index contributed by atoms with van der Waals surface area (Å²) in [7, 11) is 1.63. The average Bonchev–Trinajstić information content (AvgIpc) is 2.68. The van der Waals surface area contributed by atoms with Crippen LogP contribution in [0.15, 0.2) is 78.9 Å². The molecular weight excluding hydrogens is 328 g/mol. The molecule has 3 aromatic rings. The van der Waals surface area contributed by atoms with Gasteiger partial charge in [-0.05, 0) is 48.5 Å². The zero-order valence-corrected chi connectivity index (χ0v) is 14.3. The van der Waals surface area contributed by atoms with E-state index in [1.165, 1.54) is 4.90 Å². The van der Waals surface area contributed by atoms with Crippen molar-refractivity contribution in [1.82, 2.24) is 0 Å². The maximum Gasteiger partial charge on any atom is 0.343 e. The molecule has 26 heavy (non-hydrogen) atoms. The van der Waals surface area contributed by atoms with Crippen LogP contribution in [0.2, 0.25) is 0 Å². The third-order valence-electron chi connectivity index (χ3n) is 3.90. The van der Waals surface area contributed by atoms with Crippen LogP contribution in [0.25, 0.3) is 0 Å². The molecule has 0 bridgehead atoms. The predicted octanol–water partition coefficient (Wildman–Crippen LogP) is 3.76. The maximum atomic E-state index is 12.7. The topological polar surface area (TPSA) is 72.6 Å². The highest BCUT2D eigenvalue weighted by Gasteiger charge is 2.19. The van der Waals surface area contributed by atoms with Crippen molar-refractivity contribution in [1.29, 1.82) is 0 Å². The molecule has 0 aliphatic heterocycles. The van der Waals surface area contributed by atoms with Crippen molar-refractivity contribution in [3.8, 4) is 5.75 Å². The molecule has 0 atom stereocenters. The number of nitrogens with two attached hydrogens (primary N) is 1. The minimum Gasteiger partial charge on any atom is -0.421 e. The second kappa shape index (κ2) is 7.53. The average molecular weight is 346 g/mol. The van der Waals surface area contributed by atoms with Crippen LogP contribution < -0.4 is 15.4 Å². The van der Waals surface area contributed by atoms with Crippen molar-refractivity contribution in [2.24, 2.45) is 0 Å². The molecule has 0 aromatic heterocycles. The third kappa shape index (κ3) is 3.72. The van der Waals surface area contributed by atoms with Crippen LogP contribution in [0.1, 0.15) is 20.7 Å². The number of para-hydroxylation sites is 2. The van der Waals surface area contributed by atoms with Crippen molar-refractivity contribution in [2.45, 2.75) is 0 Å². The van der Waals surface area contributed by atoms with Crippen molar-refractivity contribution in [3.05, 3.63) is 90.0 Å². The smallest absolute Gasteiger partial charge is 0.343 e. The quantitative estimate of drug-likeness (QED) is 0.443. The Hall–Kier alpha value is -3.60. The Labute approximate surface area is 151 Å². The zero-order valence-electron chi connectivity index (χ0n) is 14.3. The molecule has 1 amide bonds. The van der Waals surface area contributed by atoms with Gasteiger partial charge >= 0.3 is 5.97 Å². The molecular formula is C21H18N2O3. The van der Waals surface area contributed by atoms with Gasteiger partial charge in [0, 0.05) is 18.3 Å². The Morgan fingerprint density at radius 1 is 0.808 bits per heavy atom. The number of carbonyl (C=O) groups is 2. The Morgan fingerprint density at radius 3 is 2.12 bits per heavy atom. The molecule has 0 aliphatic rings. The van der Waals surface area contributed by atoms with Crippen LogP contribution in [-0.4, -0.2) is 18.9 Å². The van der Waals surface area contributed by atoms with Gasteiger partial charge in [-0.3, -0.25) is 4.79 Å². The number of rotatable bonds is 4. The largest absolute Gasteiger partial charge is 0.421 e. The van der Waals surface area contributed by atoms with Crippen molar-refractivity contribution >= 4 is 23.3 Å². The SMILES string of the molecule is CN(C(=O)c1ccc(N)cc1)c1ccccc1OC(=O)c1ccccc1. The number of nitrogens with zero attached hydrogens (tertiary/aromatic N) is 1. The van der Waals surface area contributed by atoms with Gasteiger partial charge in [0.1, 0.15) is 0 Å². The summed E-state index contributed by atoms with van der Waals surface area (Å²) < 4.78 is 5.51. The molecule has 2 N–H and O–H groups in total. The van der Waals surface area contributed by atoms with Gasteiger partial charge < -0.3 is 15.4 Å². The summed E-state index contributed by atoms with van der Waals surface area (Å²) in [4.78, 5) is 26.5. The van der Waals surface area contributed by atoms with Crippen molar-refractivity contribution in [3.63, 3.8) is 0 Å². The van der Waals surface area contributed by atoms with Crippen LogP contribution in [0.4, 0.5) is 11.4 Å². The summed E-state index contributed by atoms with van der Waals surface area (Å²) >= 11 is 0. The summed E-state index contributed by atoms with van der Waals surface area (Å²) in [5, 5.41) is 0. The Balaban J connectivity index is 1.85. The first-order valence-corrected chi connectivity index (χ1v) is 8.06. The van der Waals surface area contributed by atoms with Crippen LogP contribution >= 0.6 is 0 Å². The molecule has 3 aromatic carbocycles. The van der Waals surface area contributed by atoms with E-state index in [-0.39, 0.29) is 5.91 Å². The molecule has 5 nitrogen and oxygen atoms in total. The number of anilines is 2. The number of benzene rings is 3. The lowest BCUT2D eigenvalue weighted by atomic mass is 10.1. The second-order valence-electron chi connectivity index (χ2n) is 5.71. The number of esters is 1. The summed E-state index contributed by atoms with van der Waals surface area (Å²) in [6.45, 7) is 0. The Bertz CT molecular complexity index is 922. The van der Waals surface area contributed by atoms with E-state index < -0.39 is 5.97 Å². The summed E-state index contributed by atoms with van der Waals surface area (Å²) in [5.41, 5.74) is 7.68. The lowest BCUT2D eigenvalue weighted by Gasteiger charge is -2.20. The third-order valence-corrected chi connectivity index (χ3v) is 3.90. The molecule has 3 rings (SSSR count). The van der Waals surface area contributed by atoms with Crippen LogP contribution in [0.5, 0.6) is 5.75 Å². The highest BCUT2D eigenvalue weighted by molar-refractivity contribution is 6.07. The van der Waals surface area contributed by atoms with Gasteiger partial charge in [0.15, 0.2) is 5.75 Å². The normalized spacial score (nSPS) is 10.2. The molecule has 0 heterocycles. The lowest BCUT2D eigenvalue weighted by Crippen LogP contribution is -2.27. The minimum absolute atomic E-state index is 0.229. The van der Waals surface area contributed by atoms with E-state index in [1.54, 1.807) is 79.8 Å². The molecule has 0 saturated carbocycles. The van der Waals surface area contributed by atoms with E-state index in [1.807, 2.05) is 6.07 Å². The maximum absolute atomic E-state index is 12.7. The number of ether oxygens (including phenoxy) is 1. The highest BCUT2D eigenvalue weighted by atomic mass is 16.5. The number of amides is 1. The van der Waals surface area contributed by atoms with Gasteiger partial charge in [-0.25, -0.2) is 4.79 Å². The predicted molar refractivity (Wildman–Crippen MR) is 101 cm³/mol. The van der Waals surface area contributed by atoms with Crippen LogP contribution in [-0.2, 0) is 0 Å². The standard InChI is InChI=1S/C21H18N2O3/c1-23(20(24)15-11-13-17(22)14-12-15)18-9-5-6-10-19(18)26-21(25)16-7-3-2-4-8-16/h2-14H,22H2,1H3. The van der Waals surface area contributed by atoms with E-state index >= 15 is 0 Å². The van der Waals surface area contributed by atoms with Crippen molar-refractivity contribution in [2.75, 3.05) is 17.7 Å². The monoisotopic (exact) mass is 346 g/mol. The number of carbonyl (C=O) groups excluding carboxylic acids is 2. The lowest BCUT2D eigenvalue weighted by molar-refractivity contribution is 0.0734. The fourth-order valence-electron chi connectivity index (χ4n) is 2.48. The number of nitrogen functional groups attached to an aromatic ring is 1. The second-order valence-corrected chi connectivity index (χ2v) is 5.71. The van der Waals surface area contributed by atoms with E-state index in [0.717, 1.165) is 0 Å². The van der Waals surface area contributed by atoms with Gasteiger partial charge in [-0.1, -0.05) is 30.3 Å². The molecule has 5 heteroatoms. The first-order valence-electron chi connectivity index (χ1n) is 8.06. The molecule has 0 unspecified atom stereocenters. The summed E-state index contributed by atoms with van der Waals surface area (Å²) in [6.07, 6.45) is 0. The molecule has 0 fully saturated rings. The molecule has 0 radical (unpaired) electrons. The molecule has 0 aliphatic carbocycles. The first kappa shape index (κ1) is 17.2. The molecule has 0 saturated heterocycles. The fraction of sp³-hybridized carbons (Fsp3) is 0.0476. The van der Waals surface area contributed by atoms with E-state index in [4.69, 9.17) is 10.5 Å². The minimum atomic E-state index is -0.480. The zero-order chi connectivity index (χ0) is 18.5. The molecule has 0 spiro atoms. The van der Waals surface area contributed by atoms with Crippen molar-refractivity contribution < 1.29 is 14.3 Å². The summed E-state index contributed by atoms with van der Waals surface area (Å²) in [5.74, 6) is -0.396. The fourth-order valence-corrected chi connectivity index (χ4v) is 2.48. The van der Waals surface area contributed by atoms with E-state index in [0.29, 0.717) is 28.3 Å². The highest BCUT2D eigenvalue weighted by Crippen LogP contribution is 2.29. The van der Waals surface area contributed by atoms with Gasteiger partial charge in [0.25, 0.3) is 5.91 Å². The van der Waals surface area contributed by atoms with Gasteiger partial charge in [-0.15, -0.1) is 0 Å². The van der Waals surface area contributed by atoms with Gasteiger partial charge in [0.05, 0.1) is 11.3 Å². The first-order chi connectivity index (χ1) is 12.6. The Kier molecular flexibility index (Phi) is 4.99. The van der Waals surface area contributed by atoms with E-state index in [9.17, 15) is 9.59 Å².